The fourth-order valence-corrected chi connectivity index (χ4v) is 3.78. The standard InChI is InChI=1S/C14H10BrClN2OS/c15-11-5-8(6-17-13(11)16)18-14(19)10-7-20-12-4-2-1-3-9(10)12/h1-6,10H,7H2,(H,18,19). The number of pyridine rings is 1. The molecule has 0 bridgehead atoms. The highest BCUT2D eigenvalue weighted by molar-refractivity contribution is 9.10. The topological polar surface area (TPSA) is 42.0 Å². The van der Waals surface area contributed by atoms with Gasteiger partial charge in [-0.05, 0) is 33.6 Å². The van der Waals surface area contributed by atoms with Gasteiger partial charge in [0.05, 0.1) is 22.3 Å². The summed E-state index contributed by atoms with van der Waals surface area (Å²) in [5.74, 6) is 0.636. The van der Waals surface area contributed by atoms with Crippen LogP contribution in [0.1, 0.15) is 11.5 Å². The first-order valence-electron chi connectivity index (χ1n) is 5.99. The van der Waals surface area contributed by atoms with Crippen LogP contribution in [0.15, 0.2) is 45.9 Å². The molecule has 20 heavy (non-hydrogen) atoms. The van der Waals surface area contributed by atoms with E-state index in [-0.39, 0.29) is 11.8 Å². The Hall–Kier alpha value is -1.04. The van der Waals surface area contributed by atoms with Gasteiger partial charge in [0.1, 0.15) is 5.15 Å². The molecule has 1 aliphatic rings. The molecule has 1 aliphatic heterocycles. The molecule has 6 heteroatoms. The third-order valence-electron chi connectivity index (χ3n) is 3.08. The molecule has 0 saturated heterocycles. The van der Waals surface area contributed by atoms with Crippen molar-refractivity contribution < 1.29 is 4.79 Å². The van der Waals surface area contributed by atoms with Crippen LogP contribution in [0.3, 0.4) is 0 Å². The molecular weight excluding hydrogens is 360 g/mol. The van der Waals surface area contributed by atoms with Crippen LogP contribution in [0.5, 0.6) is 0 Å². The highest BCUT2D eigenvalue weighted by Crippen LogP contribution is 2.39. The maximum Gasteiger partial charge on any atom is 0.232 e. The van der Waals surface area contributed by atoms with Gasteiger partial charge in [0.15, 0.2) is 0 Å². The third kappa shape index (κ3) is 2.71. The Morgan fingerprint density at radius 1 is 1.45 bits per heavy atom. The Labute approximate surface area is 134 Å². The average Bonchev–Trinajstić information content (AvgIpc) is 2.87. The zero-order valence-corrected chi connectivity index (χ0v) is 13.4. The molecule has 1 amide bonds. The minimum Gasteiger partial charge on any atom is -0.324 e. The van der Waals surface area contributed by atoms with Crippen LogP contribution in [-0.2, 0) is 4.79 Å². The Kier molecular flexibility index (Phi) is 4.01. The van der Waals surface area contributed by atoms with Crippen molar-refractivity contribution in [2.75, 3.05) is 11.1 Å². The van der Waals surface area contributed by atoms with Gasteiger partial charge in [0, 0.05) is 10.6 Å². The van der Waals surface area contributed by atoms with Crippen molar-refractivity contribution in [3.05, 3.63) is 51.7 Å². The van der Waals surface area contributed by atoms with E-state index in [1.807, 2.05) is 24.3 Å². The van der Waals surface area contributed by atoms with Gasteiger partial charge in [-0.25, -0.2) is 4.98 Å². The van der Waals surface area contributed by atoms with Crippen molar-refractivity contribution in [1.29, 1.82) is 0 Å². The number of nitrogens with zero attached hydrogens (tertiary/aromatic N) is 1. The molecule has 1 aromatic carbocycles. The van der Waals surface area contributed by atoms with Crippen LogP contribution < -0.4 is 5.32 Å². The molecule has 1 unspecified atom stereocenters. The first-order chi connectivity index (χ1) is 9.65. The predicted octanol–water partition coefficient (Wildman–Crippen LogP) is 4.33. The maximum atomic E-state index is 12.4. The second kappa shape index (κ2) is 5.76. The van der Waals surface area contributed by atoms with Crippen molar-refractivity contribution in [3.63, 3.8) is 0 Å². The Morgan fingerprint density at radius 2 is 2.25 bits per heavy atom. The van der Waals surface area contributed by atoms with E-state index in [1.165, 1.54) is 4.90 Å². The summed E-state index contributed by atoms with van der Waals surface area (Å²) in [5.41, 5.74) is 1.73. The third-order valence-corrected chi connectivity index (χ3v) is 5.40. The van der Waals surface area contributed by atoms with Crippen LogP contribution in [0.25, 0.3) is 0 Å². The number of fused-ring (bicyclic) bond motifs is 1. The average molecular weight is 370 g/mol. The predicted molar refractivity (Wildman–Crippen MR) is 85.5 cm³/mol. The SMILES string of the molecule is O=C(Nc1cnc(Cl)c(Br)c1)C1CSc2ccccc21. The molecule has 1 aromatic heterocycles. The van der Waals surface area contributed by atoms with E-state index in [0.29, 0.717) is 15.3 Å². The first-order valence-corrected chi connectivity index (χ1v) is 8.14. The molecule has 0 fully saturated rings. The summed E-state index contributed by atoms with van der Waals surface area (Å²) < 4.78 is 0.665. The van der Waals surface area contributed by atoms with Crippen LogP contribution in [-0.4, -0.2) is 16.6 Å². The van der Waals surface area contributed by atoms with Crippen molar-refractivity contribution in [3.8, 4) is 0 Å². The lowest BCUT2D eigenvalue weighted by Crippen LogP contribution is -2.21. The number of carbonyl (C=O) groups is 1. The van der Waals surface area contributed by atoms with Gasteiger partial charge in [-0.15, -0.1) is 11.8 Å². The molecular formula is C14H10BrClN2OS. The van der Waals surface area contributed by atoms with E-state index in [4.69, 9.17) is 11.6 Å². The van der Waals surface area contributed by atoms with Gasteiger partial charge in [-0.2, -0.15) is 0 Å². The second-order valence-electron chi connectivity index (χ2n) is 4.39. The number of aromatic nitrogens is 1. The maximum absolute atomic E-state index is 12.4. The van der Waals surface area contributed by atoms with Crippen LogP contribution in [0.4, 0.5) is 5.69 Å². The van der Waals surface area contributed by atoms with Crippen LogP contribution in [0.2, 0.25) is 5.15 Å². The molecule has 0 spiro atoms. The first kappa shape index (κ1) is 13.9. The molecule has 0 saturated carbocycles. The molecule has 102 valence electrons. The van der Waals surface area contributed by atoms with Gasteiger partial charge in [-0.3, -0.25) is 4.79 Å². The number of amides is 1. The van der Waals surface area contributed by atoms with E-state index in [0.717, 1.165) is 11.3 Å². The number of thioether (sulfide) groups is 1. The van der Waals surface area contributed by atoms with Crippen molar-refractivity contribution in [1.82, 2.24) is 4.98 Å². The summed E-state index contributed by atoms with van der Waals surface area (Å²) in [6.45, 7) is 0. The van der Waals surface area contributed by atoms with E-state index in [9.17, 15) is 4.79 Å². The van der Waals surface area contributed by atoms with E-state index in [2.05, 4.69) is 26.2 Å². The number of anilines is 1. The fourth-order valence-electron chi connectivity index (χ4n) is 2.10. The summed E-state index contributed by atoms with van der Waals surface area (Å²) in [6.07, 6.45) is 1.55. The molecule has 2 heterocycles. The number of carbonyl (C=O) groups excluding carboxylic acids is 1. The zero-order valence-electron chi connectivity index (χ0n) is 10.3. The van der Waals surface area contributed by atoms with Crippen molar-refractivity contribution in [2.24, 2.45) is 0 Å². The molecule has 0 radical (unpaired) electrons. The van der Waals surface area contributed by atoms with Gasteiger partial charge >= 0.3 is 0 Å². The molecule has 2 aromatic rings. The number of rotatable bonds is 2. The monoisotopic (exact) mass is 368 g/mol. The molecule has 1 atom stereocenters. The van der Waals surface area contributed by atoms with Crippen LogP contribution in [0, 0.1) is 0 Å². The smallest absolute Gasteiger partial charge is 0.232 e. The van der Waals surface area contributed by atoms with Gasteiger partial charge in [0.25, 0.3) is 0 Å². The molecule has 3 rings (SSSR count). The largest absolute Gasteiger partial charge is 0.324 e. The lowest BCUT2D eigenvalue weighted by Gasteiger charge is -2.11. The molecule has 1 N–H and O–H groups in total. The van der Waals surface area contributed by atoms with Crippen molar-refractivity contribution >= 4 is 50.9 Å². The lowest BCUT2D eigenvalue weighted by molar-refractivity contribution is -0.117. The number of nitrogens with one attached hydrogen (secondary N) is 1. The quantitative estimate of drug-likeness (QED) is 0.801. The minimum atomic E-state index is -0.120. The highest BCUT2D eigenvalue weighted by atomic mass is 79.9. The Bertz CT molecular complexity index is 680. The Balaban J connectivity index is 1.79. The number of benzene rings is 1. The summed E-state index contributed by atoms with van der Waals surface area (Å²) in [6, 6.07) is 9.77. The molecule has 3 nitrogen and oxygen atoms in total. The Morgan fingerprint density at radius 3 is 3.05 bits per heavy atom. The highest BCUT2D eigenvalue weighted by Gasteiger charge is 2.29. The van der Waals surface area contributed by atoms with Gasteiger partial charge in [-0.1, -0.05) is 29.8 Å². The molecule has 0 aliphatic carbocycles. The zero-order chi connectivity index (χ0) is 14.1. The summed E-state index contributed by atoms with van der Waals surface area (Å²) in [5, 5.41) is 3.27. The summed E-state index contributed by atoms with van der Waals surface area (Å²) in [4.78, 5) is 17.6. The second-order valence-corrected chi connectivity index (χ2v) is 6.66. The lowest BCUT2D eigenvalue weighted by atomic mass is 10.0. The normalized spacial score (nSPS) is 16.8. The van der Waals surface area contributed by atoms with Crippen LogP contribution >= 0.6 is 39.3 Å². The van der Waals surface area contributed by atoms with E-state index < -0.39 is 0 Å². The summed E-state index contributed by atoms with van der Waals surface area (Å²) >= 11 is 10.8. The van der Waals surface area contributed by atoms with Gasteiger partial charge in [0.2, 0.25) is 5.91 Å². The number of hydrogen-bond acceptors (Lipinski definition) is 3. The van der Waals surface area contributed by atoms with E-state index >= 15 is 0 Å². The van der Waals surface area contributed by atoms with E-state index in [1.54, 1.807) is 24.0 Å². The fraction of sp³-hybridized carbons (Fsp3) is 0.143. The minimum absolute atomic E-state index is 0.0153. The van der Waals surface area contributed by atoms with Crippen molar-refractivity contribution in [2.45, 2.75) is 10.8 Å². The summed E-state index contributed by atoms with van der Waals surface area (Å²) in [7, 11) is 0. The number of halogens is 2. The number of hydrogen-bond donors (Lipinski definition) is 1. The van der Waals surface area contributed by atoms with Gasteiger partial charge < -0.3 is 5.32 Å².